The maximum atomic E-state index is 11.7. The summed E-state index contributed by atoms with van der Waals surface area (Å²) in [4.78, 5) is 22.7. The van der Waals surface area contributed by atoms with Gasteiger partial charge in [-0.3, -0.25) is 9.59 Å². The molecule has 2 rings (SSSR count). The van der Waals surface area contributed by atoms with Gasteiger partial charge in [-0.1, -0.05) is 24.0 Å². The first kappa shape index (κ1) is 18.1. The molecule has 0 spiro atoms. The molecule has 2 aromatic rings. The van der Waals surface area contributed by atoms with Gasteiger partial charge in [0, 0.05) is 18.2 Å². The van der Waals surface area contributed by atoms with Gasteiger partial charge < -0.3 is 15.4 Å². The predicted molar refractivity (Wildman–Crippen MR) is 97.3 cm³/mol. The second-order valence-corrected chi connectivity index (χ2v) is 5.44. The number of aryl methyl sites for hydroxylation is 1. The zero-order valence-corrected chi connectivity index (χ0v) is 14.3. The Morgan fingerprint density at radius 2 is 1.88 bits per heavy atom. The summed E-state index contributed by atoms with van der Waals surface area (Å²) in [5.74, 6) is 6.14. The van der Waals surface area contributed by atoms with Crippen LogP contribution in [0.4, 0.5) is 5.69 Å². The number of amides is 2. The Balaban J connectivity index is 1.74. The minimum atomic E-state index is -0.225. The summed E-state index contributed by atoms with van der Waals surface area (Å²) < 4.78 is 5.41. The standard InChI is InChI=1S/C20H20N2O3/c1-15-5-3-7-19(13-15)25-14-20(24)21-12-4-6-17-8-10-18(11-9-17)22-16(2)23/h3,5,7-11,13H,12,14H2,1-2H3,(H,21,24)(H,22,23). The Labute approximate surface area is 147 Å². The molecule has 25 heavy (non-hydrogen) atoms. The van der Waals surface area contributed by atoms with E-state index in [1.54, 1.807) is 24.3 Å². The minimum absolute atomic E-state index is 0.0451. The lowest BCUT2D eigenvalue weighted by Gasteiger charge is -2.06. The average molecular weight is 336 g/mol. The monoisotopic (exact) mass is 336 g/mol. The molecule has 0 heterocycles. The van der Waals surface area contributed by atoms with Crippen LogP contribution >= 0.6 is 0 Å². The first-order valence-corrected chi connectivity index (χ1v) is 7.85. The van der Waals surface area contributed by atoms with Crippen LogP contribution in [0.3, 0.4) is 0 Å². The van der Waals surface area contributed by atoms with Crippen molar-refractivity contribution in [1.82, 2.24) is 5.32 Å². The first-order valence-electron chi connectivity index (χ1n) is 7.85. The molecule has 5 heteroatoms. The van der Waals surface area contributed by atoms with Crippen molar-refractivity contribution in [2.24, 2.45) is 0 Å². The molecule has 128 valence electrons. The van der Waals surface area contributed by atoms with Gasteiger partial charge in [0.05, 0.1) is 6.54 Å². The number of ether oxygens (including phenoxy) is 1. The van der Waals surface area contributed by atoms with Gasteiger partial charge in [-0.15, -0.1) is 0 Å². The highest BCUT2D eigenvalue weighted by molar-refractivity contribution is 5.88. The van der Waals surface area contributed by atoms with Crippen molar-refractivity contribution in [1.29, 1.82) is 0 Å². The summed E-state index contributed by atoms with van der Waals surface area (Å²) in [6.45, 7) is 3.62. The third-order valence-corrected chi connectivity index (χ3v) is 3.17. The van der Waals surface area contributed by atoms with Crippen LogP contribution in [0.2, 0.25) is 0 Å². The van der Waals surface area contributed by atoms with Crippen molar-refractivity contribution in [3.8, 4) is 17.6 Å². The highest BCUT2D eigenvalue weighted by Crippen LogP contribution is 2.11. The summed E-state index contributed by atoms with van der Waals surface area (Å²) in [7, 11) is 0. The average Bonchev–Trinajstić information content (AvgIpc) is 2.58. The van der Waals surface area contributed by atoms with Gasteiger partial charge in [0.25, 0.3) is 5.91 Å². The number of benzene rings is 2. The fourth-order valence-corrected chi connectivity index (χ4v) is 2.03. The molecule has 0 aromatic heterocycles. The SMILES string of the molecule is CC(=O)Nc1ccc(C#CCNC(=O)COc2cccc(C)c2)cc1. The smallest absolute Gasteiger partial charge is 0.258 e. The number of rotatable bonds is 5. The van der Waals surface area contributed by atoms with Gasteiger partial charge in [-0.25, -0.2) is 0 Å². The van der Waals surface area contributed by atoms with Gasteiger partial charge in [-0.05, 0) is 48.9 Å². The summed E-state index contributed by atoms with van der Waals surface area (Å²) in [6, 6.07) is 14.7. The third-order valence-electron chi connectivity index (χ3n) is 3.17. The van der Waals surface area contributed by atoms with Crippen LogP contribution in [0.15, 0.2) is 48.5 Å². The van der Waals surface area contributed by atoms with Crippen LogP contribution < -0.4 is 15.4 Å². The lowest BCUT2D eigenvalue weighted by atomic mass is 10.2. The van der Waals surface area contributed by atoms with Gasteiger partial charge in [0.2, 0.25) is 5.91 Å². The zero-order chi connectivity index (χ0) is 18.1. The predicted octanol–water partition coefficient (Wildman–Crippen LogP) is 2.50. The van der Waals surface area contributed by atoms with E-state index in [0.717, 1.165) is 16.8 Å². The molecule has 0 fully saturated rings. The highest BCUT2D eigenvalue weighted by atomic mass is 16.5. The molecule has 0 saturated carbocycles. The van der Waals surface area contributed by atoms with Crippen molar-refractivity contribution in [3.63, 3.8) is 0 Å². The highest BCUT2D eigenvalue weighted by Gasteiger charge is 2.01. The van der Waals surface area contributed by atoms with Gasteiger partial charge in [-0.2, -0.15) is 0 Å². The third kappa shape index (κ3) is 6.80. The van der Waals surface area contributed by atoms with Crippen LogP contribution in [-0.4, -0.2) is 25.0 Å². The van der Waals surface area contributed by atoms with E-state index in [2.05, 4.69) is 22.5 Å². The zero-order valence-electron chi connectivity index (χ0n) is 14.3. The van der Waals surface area contributed by atoms with Crippen LogP contribution in [0.25, 0.3) is 0 Å². The molecule has 0 saturated heterocycles. The Morgan fingerprint density at radius 1 is 1.12 bits per heavy atom. The summed E-state index contributed by atoms with van der Waals surface area (Å²) >= 11 is 0. The molecule has 0 radical (unpaired) electrons. The molecule has 5 nitrogen and oxygen atoms in total. The molecule has 0 aliphatic carbocycles. The van der Waals surface area contributed by atoms with E-state index in [-0.39, 0.29) is 25.0 Å². The van der Waals surface area contributed by atoms with Crippen LogP contribution in [0.5, 0.6) is 5.75 Å². The summed E-state index contributed by atoms with van der Waals surface area (Å²) in [5.41, 5.74) is 2.60. The van der Waals surface area contributed by atoms with E-state index >= 15 is 0 Å². The van der Waals surface area contributed by atoms with Crippen molar-refractivity contribution in [3.05, 3.63) is 59.7 Å². The number of carbonyl (C=O) groups excluding carboxylic acids is 2. The number of carbonyl (C=O) groups is 2. The van der Waals surface area contributed by atoms with Crippen LogP contribution in [-0.2, 0) is 9.59 Å². The molecule has 0 atom stereocenters. The topological polar surface area (TPSA) is 67.4 Å². The van der Waals surface area contributed by atoms with E-state index in [1.165, 1.54) is 6.92 Å². The lowest BCUT2D eigenvalue weighted by molar-refractivity contribution is -0.122. The van der Waals surface area contributed by atoms with Gasteiger partial charge in [0.1, 0.15) is 5.75 Å². The molecule has 0 aliphatic heterocycles. The van der Waals surface area contributed by atoms with E-state index in [4.69, 9.17) is 4.74 Å². The molecular weight excluding hydrogens is 316 g/mol. The molecular formula is C20H20N2O3. The molecule has 0 aliphatic rings. The molecule has 0 bridgehead atoms. The first-order chi connectivity index (χ1) is 12.0. The largest absolute Gasteiger partial charge is 0.484 e. The summed E-state index contributed by atoms with van der Waals surface area (Å²) in [5, 5.41) is 5.37. The van der Waals surface area contributed by atoms with Crippen LogP contribution in [0, 0.1) is 18.8 Å². The van der Waals surface area contributed by atoms with E-state index in [0.29, 0.717) is 5.75 Å². The molecule has 0 unspecified atom stereocenters. The number of hydrogen-bond donors (Lipinski definition) is 2. The fraction of sp³-hybridized carbons (Fsp3) is 0.200. The summed E-state index contributed by atoms with van der Waals surface area (Å²) in [6.07, 6.45) is 0. The maximum absolute atomic E-state index is 11.7. The number of hydrogen-bond acceptors (Lipinski definition) is 3. The lowest BCUT2D eigenvalue weighted by Crippen LogP contribution is -2.29. The normalized spacial score (nSPS) is 9.52. The Morgan fingerprint density at radius 3 is 2.56 bits per heavy atom. The Bertz CT molecular complexity index is 802. The van der Waals surface area contributed by atoms with Crippen molar-refractivity contribution >= 4 is 17.5 Å². The minimum Gasteiger partial charge on any atom is -0.484 e. The molecule has 2 N–H and O–H groups in total. The fourth-order valence-electron chi connectivity index (χ4n) is 2.03. The quantitative estimate of drug-likeness (QED) is 0.825. The molecule has 2 amide bonds. The van der Waals surface area contributed by atoms with Gasteiger partial charge in [0.15, 0.2) is 6.61 Å². The second-order valence-electron chi connectivity index (χ2n) is 5.44. The van der Waals surface area contributed by atoms with Crippen molar-refractivity contribution in [2.75, 3.05) is 18.5 Å². The molecule has 2 aromatic carbocycles. The number of anilines is 1. The number of nitrogens with one attached hydrogen (secondary N) is 2. The van der Waals surface area contributed by atoms with Crippen molar-refractivity contribution in [2.45, 2.75) is 13.8 Å². The van der Waals surface area contributed by atoms with Crippen LogP contribution in [0.1, 0.15) is 18.1 Å². The van der Waals surface area contributed by atoms with Crippen molar-refractivity contribution < 1.29 is 14.3 Å². The second kappa shape index (κ2) is 9.14. The van der Waals surface area contributed by atoms with E-state index < -0.39 is 0 Å². The van der Waals surface area contributed by atoms with E-state index in [1.807, 2.05) is 31.2 Å². The Kier molecular flexibility index (Phi) is 6.61. The van der Waals surface area contributed by atoms with E-state index in [9.17, 15) is 9.59 Å². The van der Waals surface area contributed by atoms with Gasteiger partial charge >= 0.3 is 0 Å². The Hall–Kier alpha value is -3.26. The maximum Gasteiger partial charge on any atom is 0.258 e.